The molecule has 0 atom stereocenters. The van der Waals surface area contributed by atoms with Crippen molar-refractivity contribution in [2.75, 3.05) is 27.2 Å². The second kappa shape index (κ2) is 5.82. The van der Waals surface area contributed by atoms with Crippen molar-refractivity contribution in [2.45, 2.75) is 0 Å². The summed E-state index contributed by atoms with van der Waals surface area (Å²) in [6.45, 7) is 1.12. The number of nitrogens with zero attached hydrogens (tertiary/aromatic N) is 3. The first-order valence-corrected chi connectivity index (χ1v) is 7.99. The number of rotatable bonds is 4. The highest BCUT2D eigenvalue weighted by Crippen LogP contribution is 2.44. The molecule has 6 nitrogen and oxygen atoms in total. The molecule has 2 aromatic heterocycles. The van der Waals surface area contributed by atoms with Gasteiger partial charge in [-0.25, -0.2) is 4.98 Å². The maximum Gasteiger partial charge on any atom is 0.226 e. The number of phenolic OH excluding ortho intramolecular Hbond substituents is 1. The van der Waals surface area contributed by atoms with Crippen molar-refractivity contribution in [1.82, 2.24) is 14.9 Å². The van der Waals surface area contributed by atoms with E-state index in [1.165, 1.54) is 0 Å². The van der Waals surface area contributed by atoms with Gasteiger partial charge in [0.2, 0.25) is 11.7 Å². The van der Waals surface area contributed by atoms with Crippen LogP contribution < -0.4 is 4.74 Å². The summed E-state index contributed by atoms with van der Waals surface area (Å²) in [6.07, 6.45) is 3.24. The maximum atomic E-state index is 12.9. The van der Waals surface area contributed by atoms with Gasteiger partial charge in [0.05, 0.1) is 11.1 Å². The summed E-state index contributed by atoms with van der Waals surface area (Å²) in [5, 5.41) is 10.6. The molecule has 6 heteroatoms. The van der Waals surface area contributed by atoms with Crippen LogP contribution in [0.1, 0.15) is 15.9 Å². The fourth-order valence-corrected chi connectivity index (χ4v) is 3.08. The Hall–Kier alpha value is -2.99. The minimum absolute atomic E-state index is 0.124. The van der Waals surface area contributed by atoms with Crippen LogP contribution in [-0.2, 0) is 0 Å². The topological polar surface area (TPSA) is 75.6 Å². The van der Waals surface area contributed by atoms with Crippen molar-refractivity contribution in [3.8, 4) is 22.8 Å². The quantitative estimate of drug-likeness (QED) is 0.617. The lowest BCUT2D eigenvalue weighted by Gasteiger charge is -2.14. The summed E-state index contributed by atoms with van der Waals surface area (Å²) in [4.78, 5) is 23.5. The number of carbonyl (C=O) groups is 1. The van der Waals surface area contributed by atoms with E-state index in [-0.39, 0.29) is 11.5 Å². The van der Waals surface area contributed by atoms with Crippen molar-refractivity contribution in [3.05, 3.63) is 47.8 Å². The van der Waals surface area contributed by atoms with Gasteiger partial charge in [0.15, 0.2) is 0 Å². The fraction of sp³-hybridized carbons (Fsp3) is 0.211. The molecular formula is C19H17N3O3. The molecule has 2 heterocycles. The van der Waals surface area contributed by atoms with Gasteiger partial charge in [-0.15, -0.1) is 0 Å². The number of aromatic hydroxyl groups is 1. The Bertz CT molecular complexity index is 999. The summed E-state index contributed by atoms with van der Waals surface area (Å²) in [7, 11) is 3.90. The second-order valence-electron chi connectivity index (χ2n) is 6.27. The second-order valence-corrected chi connectivity index (χ2v) is 6.27. The summed E-state index contributed by atoms with van der Waals surface area (Å²) in [5.41, 5.74) is 3.24. The number of hydrogen-bond acceptors (Lipinski definition) is 6. The minimum Gasteiger partial charge on any atom is -0.508 e. The van der Waals surface area contributed by atoms with Gasteiger partial charge in [0.25, 0.3) is 0 Å². The van der Waals surface area contributed by atoms with Crippen LogP contribution in [0.25, 0.3) is 22.0 Å². The number of phenols is 1. The number of hydrogen-bond donors (Lipinski definition) is 1. The van der Waals surface area contributed by atoms with Crippen molar-refractivity contribution in [1.29, 1.82) is 0 Å². The average molecular weight is 335 g/mol. The minimum atomic E-state index is -0.125. The van der Waals surface area contributed by atoms with E-state index in [1.54, 1.807) is 30.6 Å². The molecule has 0 spiro atoms. The Morgan fingerprint density at radius 2 is 2.00 bits per heavy atom. The number of pyridine rings is 2. The van der Waals surface area contributed by atoms with Crippen LogP contribution in [-0.4, -0.2) is 53.0 Å². The van der Waals surface area contributed by atoms with E-state index in [1.807, 2.05) is 25.1 Å². The molecular weight excluding hydrogens is 318 g/mol. The number of carbonyl (C=O) groups excluding carboxylic acids is 1. The normalized spacial score (nSPS) is 12.5. The van der Waals surface area contributed by atoms with Crippen LogP contribution in [0, 0.1) is 0 Å². The van der Waals surface area contributed by atoms with Crippen LogP contribution in [0.3, 0.4) is 0 Å². The molecule has 0 saturated heterocycles. The zero-order chi connectivity index (χ0) is 17.6. The van der Waals surface area contributed by atoms with Gasteiger partial charge < -0.3 is 14.7 Å². The summed E-state index contributed by atoms with van der Waals surface area (Å²) in [6, 6.07) is 6.79. The number of ether oxygens (including phenoxy) is 1. The van der Waals surface area contributed by atoms with E-state index in [9.17, 15) is 9.90 Å². The highest BCUT2D eigenvalue weighted by molar-refractivity contribution is 6.26. The Labute approximate surface area is 144 Å². The first kappa shape index (κ1) is 15.5. The molecule has 0 unspecified atom stereocenters. The summed E-state index contributed by atoms with van der Waals surface area (Å²) in [5.74, 6) is 0.301. The third kappa shape index (κ3) is 2.51. The Morgan fingerprint density at radius 3 is 2.80 bits per heavy atom. The third-order valence-corrected chi connectivity index (χ3v) is 4.28. The number of aromatic nitrogens is 2. The Morgan fingerprint density at radius 1 is 1.16 bits per heavy atom. The zero-order valence-electron chi connectivity index (χ0n) is 14.0. The lowest BCUT2D eigenvalue weighted by molar-refractivity contribution is 0.103. The van der Waals surface area contributed by atoms with Gasteiger partial charge in [-0.1, -0.05) is 0 Å². The Kier molecular flexibility index (Phi) is 3.62. The molecule has 0 amide bonds. The van der Waals surface area contributed by atoms with Crippen LogP contribution in [0.4, 0.5) is 0 Å². The SMILES string of the molecule is CN(C)CCOc1nc2cc(O)ccc2c2c1C(=O)c1cnccc1-2. The van der Waals surface area contributed by atoms with E-state index in [4.69, 9.17) is 4.74 Å². The predicted octanol–water partition coefficient (Wildman–Crippen LogP) is 2.49. The Balaban J connectivity index is 1.94. The van der Waals surface area contributed by atoms with Gasteiger partial charge in [-0.05, 0) is 37.9 Å². The van der Waals surface area contributed by atoms with Crippen molar-refractivity contribution >= 4 is 16.7 Å². The first-order chi connectivity index (χ1) is 12.1. The van der Waals surface area contributed by atoms with Gasteiger partial charge >= 0.3 is 0 Å². The van der Waals surface area contributed by atoms with E-state index >= 15 is 0 Å². The van der Waals surface area contributed by atoms with E-state index in [0.717, 1.165) is 16.5 Å². The van der Waals surface area contributed by atoms with Gasteiger partial charge in [-0.2, -0.15) is 0 Å². The van der Waals surface area contributed by atoms with Crippen LogP contribution in [0.2, 0.25) is 0 Å². The lowest BCUT2D eigenvalue weighted by atomic mass is 10.0. The van der Waals surface area contributed by atoms with E-state index < -0.39 is 0 Å². The van der Waals surface area contributed by atoms with Gasteiger partial charge in [0.1, 0.15) is 12.4 Å². The summed E-state index contributed by atoms with van der Waals surface area (Å²) >= 11 is 0. The first-order valence-electron chi connectivity index (χ1n) is 7.99. The van der Waals surface area contributed by atoms with E-state index in [0.29, 0.717) is 35.7 Å². The molecule has 3 aromatic rings. The highest BCUT2D eigenvalue weighted by Gasteiger charge is 2.33. The van der Waals surface area contributed by atoms with Gasteiger partial charge in [-0.3, -0.25) is 9.78 Å². The summed E-state index contributed by atoms with van der Waals surface area (Å²) < 4.78 is 5.83. The molecule has 0 aliphatic heterocycles. The third-order valence-electron chi connectivity index (χ3n) is 4.28. The average Bonchev–Trinajstić information content (AvgIpc) is 2.88. The van der Waals surface area contributed by atoms with Crippen molar-refractivity contribution in [3.63, 3.8) is 0 Å². The van der Waals surface area contributed by atoms with Crippen molar-refractivity contribution < 1.29 is 14.6 Å². The number of benzene rings is 1. The molecule has 1 aliphatic rings. The smallest absolute Gasteiger partial charge is 0.226 e. The number of ketones is 1. The molecule has 0 saturated carbocycles. The van der Waals surface area contributed by atoms with Crippen molar-refractivity contribution in [2.24, 2.45) is 0 Å². The molecule has 4 rings (SSSR count). The molecule has 0 radical (unpaired) electrons. The molecule has 1 N–H and O–H groups in total. The zero-order valence-corrected chi connectivity index (χ0v) is 14.0. The standard InChI is InChI=1S/C19H17N3O3/c1-22(2)7-8-25-19-17-16(12-5-6-20-10-14(12)18(17)24)13-4-3-11(23)9-15(13)21-19/h3-6,9-10,23H,7-8H2,1-2H3. The fourth-order valence-electron chi connectivity index (χ4n) is 3.08. The predicted molar refractivity (Wildman–Crippen MR) is 94.1 cm³/mol. The van der Waals surface area contributed by atoms with Crippen LogP contribution in [0.15, 0.2) is 36.7 Å². The maximum absolute atomic E-state index is 12.9. The monoisotopic (exact) mass is 335 g/mol. The number of likely N-dealkylation sites (N-methyl/N-ethyl adjacent to an activating group) is 1. The number of fused-ring (bicyclic) bond motifs is 5. The lowest BCUT2D eigenvalue weighted by Crippen LogP contribution is -2.20. The van der Waals surface area contributed by atoms with Gasteiger partial charge in [0, 0.05) is 41.5 Å². The molecule has 0 fully saturated rings. The molecule has 1 aromatic carbocycles. The van der Waals surface area contributed by atoms with Crippen LogP contribution >= 0.6 is 0 Å². The molecule has 25 heavy (non-hydrogen) atoms. The molecule has 0 bridgehead atoms. The highest BCUT2D eigenvalue weighted by atomic mass is 16.5. The largest absolute Gasteiger partial charge is 0.508 e. The molecule has 126 valence electrons. The van der Waals surface area contributed by atoms with E-state index in [2.05, 4.69) is 9.97 Å². The molecule has 1 aliphatic carbocycles. The van der Waals surface area contributed by atoms with Crippen LogP contribution in [0.5, 0.6) is 11.6 Å².